The number of likely N-dealkylation sites (tertiary alicyclic amines) is 1. The number of carbonyl (C=O) groups is 2. The Kier molecular flexibility index (Phi) is 5.40. The van der Waals surface area contributed by atoms with Crippen LogP contribution in [-0.2, 0) is 4.79 Å². The average Bonchev–Trinajstić information content (AvgIpc) is 2.25. The van der Waals surface area contributed by atoms with Gasteiger partial charge in [0.1, 0.15) is 6.04 Å². The molecule has 2 amide bonds. The van der Waals surface area contributed by atoms with Crippen LogP contribution >= 0.6 is 0 Å². The molecule has 1 fully saturated rings. The maximum absolute atomic E-state index is 11.7. The number of carboxylic acid groups (broad SMARTS) is 1. The normalized spacial score (nSPS) is 22.6. The van der Waals surface area contributed by atoms with E-state index in [2.05, 4.69) is 15.5 Å². The highest BCUT2D eigenvalue weighted by atomic mass is 16.4. The van der Waals surface area contributed by atoms with Gasteiger partial charge in [-0.15, -0.1) is 0 Å². The highest BCUT2D eigenvalue weighted by Gasteiger charge is 2.25. The van der Waals surface area contributed by atoms with Crippen molar-refractivity contribution in [1.82, 2.24) is 15.5 Å². The third-order valence-electron chi connectivity index (χ3n) is 3.18. The number of nitrogens with one attached hydrogen (secondary N) is 2. The number of hydrogen-bond acceptors (Lipinski definition) is 3. The summed E-state index contributed by atoms with van der Waals surface area (Å²) in [5.41, 5.74) is 0. The van der Waals surface area contributed by atoms with Crippen LogP contribution in [0.25, 0.3) is 0 Å². The zero-order valence-electron chi connectivity index (χ0n) is 11.3. The van der Waals surface area contributed by atoms with E-state index in [0.717, 1.165) is 25.9 Å². The lowest BCUT2D eigenvalue weighted by molar-refractivity contribution is -0.140. The molecular weight excluding hydrogens is 234 g/mol. The maximum Gasteiger partial charge on any atom is 0.326 e. The molecule has 0 aromatic carbocycles. The van der Waals surface area contributed by atoms with Crippen molar-refractivity contribution in [3.8, 4) is 0 Å². The predicted molar refractivity (Wildman–Crippen MR) is 68.4 cm³/mol. The van der Waals surface area contributed by atoms with E-state index in [0.29, 0.717) is 0 Å². The topological polar surface area (TPSA) is 81.7 Å². The molecule has 1 aliphatic rings. The van der Waals surface area contributed by atoms with Crippen molar-refractivity contribution in [3.05, 3.63) is 0 Å². The van der Waals surface area contributed by atoms with Crippen LogP contribution in [0.4, 0.5) is 4.79 Å². The fourth-order valence-corrected chi connectivity index (χ4v) is 2.17. The fourth-order valence-electron chi connectivity index (χ4n) is 2.17. The Morgan fingerprint density at radius 3 is 2.56 bits per heavy atom. The first-order valence-corrected chi connectivity index (χ1v) is 6.38. The number of aliphatic carboxylic acids is 1. The predicted octanol–water partition coefficient (Wildman–Crippen LogP) is 0.489. The zero-order valence-corrected chi connectivity index (χ0v) is 11.3. The van der Waals surface area contributed by atoms with Gasteiger partial charge in [-0.3, -0.25) is 0 Å². The molecule has 0 aliphatic carbocycles. The van der Waals surface area contributed by atoms with Gasteiger partial charge in [0.15, 0.2) is 0 Å². The first kappa shape index (κ1) is 14.8. The van der Waals surface area contributed by atoms with Gasteiger partial charge in [0.05, 0.1) is 0 Å². The SMILES string of the molecule is CC(C)[C@@H](NC(=O)NC1CCCN(C)C1)C(=O)O. The van der Waals surface area contributed by atoms with Crippen molar-refractivity contribution in [2.45, 2.75) is 38.8 Å². The van der Waals surface area contributed by atoms with E-state index in [-0.39, 0.29) is 12.0 Å². The number of nitrogens with zero attached hydrogens (tertiary/aromatic N) is 1. The zero-order chi connectivity index (χ0) is 13.7. The molecular formula is C12H23N3O3. The number of amides is 2. The maximum atomic E-state index is 11.7. The van der Waals surface area contributed by atoms with Gasteiger partial charge in [0.2, 0.25) is 0 Å². The van der Waals surface area contributed by atoms with E-state index in [1.807, 2.05) is 7.05 Å². The largest absolute Gasteiger partial charge is 0.480 e. The minimum absolute atomic E-state index is 0.102. The fraction of sp³-hybridized carbons (Fsp3) is 0.833. The smallest absolute Gasteiger partial charge is 0.326 e. The summed E-state index contributed by atoms with van der Waals surface area (Å²) in [5, 5.41) is 14.3. The minimum atomic E-state index is -0.999. The van der Waals surface area contributed by atoms with Gasteiger partial charge >= 0.3 is 12.0 Å². The molecule has 0 saturated carbocycles. The third kappa shape index (κ3) is 4.52. The second-order valence-corrected chi connectivity index (χ2v) is 5.28. The number of carbonyl (C=O) groups excluding carboxylic acids is 1. The van der Waals surface area contributed by atoms with Crippen LogP contribution in [0.15, 0.2) is 0 Å². The second kappa shape index (κ2) is 6.58. The molecule has 1 rings (SSSR count). The monoisotopic (exact) mass is 257 g/mol. The number of likely N-dealkylation sites (N-methyl/N-ethyl adjacent to an activating group) is 1. The molecule has 6 nitrogen and oxygen atoms in total. The quantitative estimate of drug-likeness (QED) is 0.684. The molecule has 0 bridgehead atoms. The summed E-state index contributed by atoms with van der Waals surface area (Å²) in [6.07, 6.45) is 1.99. The van der Waals surface area contributed by atoms with E-state index in [4.69, 9.17) is 5.11 Å². The third-order valence-corrected chi connectivity index (χ3v) is 3.18. The van der Waals surface area contributed by atoms with Gasteiger partial charge in [0.25, 0.3) is 0 Å². The van der Waals surface area contributed by atoms with Gasteiger partial charge in [-0.1, -0.05) is 13.8 Å². The Morgan fingerprint density at radius 2 is 2.06 bits per heavy atom. The molecule has 0 aromatic heterocycles. The number of urea groups is 1. The van der Waals surface area contributed by atoms with E-state index < -0.39 is 18.0 Å². The van der Waals surface area contributed by atoms with Crippen molar-refractivity contribution in [1.29, 1.82) is 0 Å². The summed E-state index contributed by atoms with van der Waals surface area (Å²) in [6.45, 7) is 5.40. The molecule has 1 heterocycles. The van der Waals surface area contributed by atoms with Crippen LogP contribution in [0, 0.1) is 5.92 Å². The van der Waals surface area contributed by atoms with Gasteiger partial charge < -0.3 is 20.6 Å². The lowest BCUT2D eigenvalue weighted by Gasteiger charge is -2.30. The highest BCUT2D eigenvalue weighted by Crippen LogP contribution is 2.08. The molecule has 104 valence electrons. The summed E-state index contributed by atoms with van der Waals surface area (Å²) < 4.78 is 0. The standard InChI is InChI=1S/C12H23N3O3/c1-8(2)10(11(16)17)14-12(18)13-9-5-4-6-15(3)7-9/h8-10H,4-7H2,1-3H3,(H,16,17)(H2,13,14,18)/t9?,10-/m1/s1. The highest BCUT2D eigenvalue weighted by molar-refractivity contribution is 5.82. The van der Waals surface area contributed by atoms with E-state index in [1.54, 1.807) is 13.8 Å². The minimum Gasteiger partial charge on any atom is -0.480 e. The van der Waals surface area contributed by atoms with E-state index in [9.17, 15) is 9.59 Å². The lowest BCUT2D eigenvalue weighted by Crippen LogP contribution is -2.54. The van der Waals surface area contributed by atoms with Gasteiger partial charge in [0, 0.05) is 12.6 Å². The van der Waals surface area contributed by atoms with Crippen molar-refractivity contribution in [3.63, 3.8) is 0 Å². The van der Waals surface area contributed by atoms with Crippen molar-refractivity contribution < 1.29 is 14.7 Å². The van der Waals surface area contributed by atoms with Gasteiger partial charge in [-0.25, -0.2) is 9.59 Å². The summed E-state index contributed by atoms with van der Waals surface area (Å²) in [5.74, 6) is -1.14. The van der Waals surface area contributed by atoms with Crippen molar-refractivity contribution >= 4 is 12.0 Å². The number of hydrogen-bond donors (Lipinski definition) is 3. The molecule has 3 N–H and O–H groups in total. The average molecular weight is 257 g/mol. The van der Waals surface area contributed by atoms with E-state index in [1.165, 1.54) is 0 Å². The molecule has 0 spiro atoms. The summed E-state index contributed by atoms with van der Waals surface area (Å²) >= 11 is 0. The van der Waals surface area contributed by atoms with Crippen LogP contribution in [-0.4, -0.2) is 54.2 Å². The molecule has 6 heteroatoms. The van der Waals surface area contributed by atoms with E-state index >= 15 is 0 Å². The van der Waals surface area contributed by atoms with Crippen LogP contribution in [0.3, 0.4) is 0 Å². The molecule has 0 aromatic rings. The summed E-state index contributed by atoms with van der Waals surface area (Å²) in [4.78, 5) is 24.9. The Morgan fingerprint density at radius 1 is 1.39 bits per heavy atom. The Balaban J connectivity index is 2.42. The molecule has 0 radical (unpaired) electrons. The van der Waals surface area contributed by atoms with Crippen LogP contribution in [0.5, 0.6) is 0 Å². The molecule has 18 heavy (non-hydrogen) atoms. The number of piperidine rings is 1. The molecule has 1 saturated heterocycles. The first-order chi connectivity index (χ1) is 8.40. The Labute approximate surface area is 108 Å². The lowest BCUT2D eigenvalue weighted by atomic mass is 10.0. The van der Waals surface area contributed by atoms with Gasteiger partial charge in [-0.05, 0) is 32.4 Å². The second-order valence-electron chi connectivity index (χ2n) is 5.28. The molecule has 2 atom stereocenters. The molecule has 1 unspecified atom stereocenters. The first-order valence-electron chi connectivity index (χ1n) is 6.38. The van der Waals surface area contributed by atoms with Crippen LogP contribution in [0.1, 0.15) is 26.7 Å². The molecule has 1 aliphatic heterocycles. The summed E-state index contributed by atoms with van der Waals surface area (Å²) in [7, 11) is 2.01. The van der Waals surface area contributed by atoms with Crippen molar-refractivity contribution in [2.75, 3.05) is 20.1 Å². The van der Waals surface area contributed by atoms with Gasteiger partial charge in [-0.2, -0.15) is 0 Å². The van der Waals surface area contributed by atoms with Crippen molar-refractivity contribution in [2.24, 2.45) is 5.92 Å². The number of rotatable bonds is 4. The Bertz CT molecular complexity index is 307. The van der Waals surface area contributed by atoms with Crippen LogP contribution in [0.2, 0.25) is 0 Å². The Hall–Kier alpha value is -1.30. The summed E-state index contributed by atoms with van der Waals surface area (Å²) in [6, 6.07) is -1.13. The van der Waals surface area contributed by atoms with Crippen LogP contribution < -0.4 is 10.6 Å². The number of carboxylic acids is 1.